The molecule has 2 bridgehead atoms. The molecule has 1 unspecified atom stereocenters. The Bertz CT molecular complexity index is 1190. The van der Waals surface area contributed by atoms with Gasteiger partial charge in [-0.15, -0.1) is 39.7 Å². The molecule has 0 saturated carbocycles. The highest BCUT2D eigenvalue weighted by Crippen LogP contribution is 2.52. The first-order valence-corrected chi connectivity index (χ1v) is 13.4. The minimum atomic E-state index is -1.72. The number of carboxylic acid groups (broad SMARTS) is 1. The molecule has 3 aromatic rings. The Balaban J connectivity index is 0.000000248. The second-order valence-electron chi connectivity index (χ2n) is 9.80. The lowest BCUT2D eigenvalue weighted by atomic mass is 9.95. The number of carboxylic acids is 1. The third-order valence-electron chi connectivity index (χ3n) is 7.49. The highest BCUT2D eigenvalue weighted by atomic mass is 79.9. The summed E-state index contributed by atoms with van der Waals surface area (Å²) in [6.45, 7) is 0. The molecule has 37 heavy (non-hydrogen) atoms. The number of benzene rings is 1. The molecular weight excluding hydrogens is 582 g/mol. The lowest BCUT2D eigenvalue weighted by Crippen LogP contribution is -2.60. The monoisotopic (exact) mass is 609 g/mol. The number of hydrogen-bond donors (Lipinski definition) is 2. The molecule has 5 heterocycles. The molecule has 3 aliphatic rings. The first kappa shape index (κ1) is 27.7. The second-order valence-corrected chi connectivity index (χ2v) is 11.7. The fourth-order valence-electron chi connectivity index (χ4n) is 5.48. The Morgan fingerprint density at radius 1 is 1.00 bits per heavy atom. The summed E-state index contributed by atoms with van der Waals surface area (Å²) in [6, 6.07) is 13.6. The molecule has 1 aromatic carbocycles. The van der Waals surface area contributed by atoms with Crippen LogP contribution in [0.25, 0.3) is 0 Å². The number of carbonyl (C=O) groups is 2. The maximum Gasteiger partial charge on any atom is 0.349 e. The third kappa shape index (κ3) is 4.96. The van der Waals surface area contributed by atoms with Gasteiger partial charge in [0.1, 0.15) is 36.1 Å². The molecule has 0 spiro atoms. The maximum absolute atomic E-state index is 13.1. The van der Waals surface area contributed by atoms with Crippen LogP contribution in [0.4, 0.5) is 0 Å². The zero-order valence-corrected chi connectivity index (χ0v) is 23.5. The summed E-state index contributed by atoms with van der Waals surface area (Å²) in [5, 5.41) is 34.1. The van der Waals surface area contributed by atoms with Crippen LogP contribution in [0, 0.1) is 0 Å². The molecule has 2 N–H and O–H groups in total. The van der Waals surface area contributed by atoms with E-state index in [0.717, 1.165) is 17.3 Å². The van der Waals surface area contributed by atoms with Crippen LogP contribution in [-0.4, -0.2) is 71.1 Å². The predicted molar refractivity (Wildman–Crippen MR) is 142 cm³/mol. The van der Waals surface area contributed by atoms with Crippen molar-refractivity contribution in [3.05, 3.63) is 74.6 Å². The molecule has 0 amide bonds. The molecule has 3 fully saturated rings. The summed E-state index contributed by atoms with van der Waals surface area (Å²) in [4.78, 5) is 24.5. The first-order valence-electron chi connectivity index (χ1n) is 11.6. The number of piperidine rings is 1. The number of esters is 1. The summed E-state index contributed by atoms with van der Waals surface area (Å²) in [5.41, 5.74) is -1.90. The smallest absolute Gasteiger partial charge is 0.349 e. The van der Waals surface area contributed by atoms with Gasteiger partial charge in [0.2, 0.25) is 5.60 Å². The number of epoxide rings is 1. The number of para-hydroxylation sites is 1. The predicted octanol–water partition coefficient (Wildman–Crippen LogP) is 2.68. The fourth-order valence-corrected chi connectivity index (χ4v) is 7.19. The SMILES string of the molecule is Br.C[N+]1(C)[C@@H]2CC(OC(=O)C(O)(c3cccs3)c3cccs3)C[C@H]1[C@@H]1O[C@@H]12.O=C([O-])c1ccccc1O. The van der Waals surface area contributed by atoms with E-state index in [9.17, 15) is 19.8 Å². The molecule has 198 valence electrons. The topological polar surface area (TPSA) is 119 Å². The van der Waals surface area contributed by atoms with Gasteiger partial charge in [0.15, 0.2) is 0 Å². The molecule has 2 aromatic heterocycles. The van der Waals surface area contributed by atoms with Crippen molar-refractivity contribution in [1.82, 2.24) is 0 Å². The zero-order valence-electron chi connectivity index (χ0n) is 20.2. The number of thiophene rings is 2. The number of fused-ring (bicyclic) bond motifs is 5. The van der Waals surface area contributed by atoms with Crippen LogP contribution >= 0.6 is 39.7 Å². The number of nitrogens with zero attached hydrogens (tertiary/aromatic N) is 1. The Morgan fingerprint density at radius 3 is 1.97 bits per heavy atom. The highest BCUT2D eigenvalue weighted by Gasteiger charge is 2.71. The van der Waals surface area contributed by atoms with E-state index in [1.807, 2.05) is 22.9 Å². The number of aromatic carboxylic acids is 1. The molecule has 3 aliphatic heterocycles. The van der Waals surface area contributed by atoms with Crippen molar-refractivity contribution in [2.24, 2.45) is 0 Å². The van der Waals surface area contributed by atoms with E-state index in [1.165, 1.54) is 40.9 Å². The first-order chi connectivity index (χ1) is 17.1. The number of quaternary nitrogens is 1. The van der Waals surface area contributed by atoms with Gasteiger partial charge in [0.05, 0.1) is 29.8 Å². The summed E-state index contributed by atoms with van der Waals surface area (Å²) in [5.74, 6) is -2.19. The van der Waals surface area contributed by atoms with Crippen LogP contribution in [-0.2, 0) is 19.9 Å². The molecule has 0 aliphatic carbocycles. The number of aliphatic hydroxyl groups is 1. The number of carbonyl (C=O) groups excluding carboxylic acids is 2. The van der Waals surface area contributed by atoms with Gasteiger partial charge in [-0.3, -0.25) is 0 Å². The van der Waals surface area contributed by atoms with E-state index in [1.54, 1.807) is 18.2 Å². The molecule has 8 nitrogen and oxygen atoms in total. The summed E-state index contributed by atoms with van der Waals surface area (Å²) >= 11 is 2.74. The number of rotatable bonds is 5. The summed E-state index contributed by atoms with van der Waals surface area (Å²) < 4.78 is 12.6. The maximum atomic E-state index is 13.1. The minimum Gasteiger partial charge on any atom is -0.545 e. The average molecular weight is 611 g/mol. The van der Waals surface area contributed by atoms with Crippen molar-refractivity contribution in [2.75, 3.05) is 14.1 Å². The van der Waals surface area contributed by atoms with Gasteiger partial charge in [-0.05, 0) is 35.0 Å². The van der Waals surface area contributed by atoms with E-state index >= 15 is 0 Å². The summed E-state index contributed by atoms with van der Waals surface area (Å²) in [6.07, 6.45) is 2.05. The van der Waals surface area contributed by atoms with Gasteiger partial charge in [-0.1, -0.05) is 24.3 Å². The van der Waals surface area contributed by atoms with Crippen molar-refractivity contribution in [3.63, 3.8) is 0 Å². The van der Waals surface area contributed by atoms with Crippen LogP contribution in [0.5, 0.6) is 5.75 Å². The summed E-state index contributed by atoms with van der Waals surface area (Å²) in [7, 11) is 4.49. The average Bonchev–Trinajstić information content (AvgIpc) is 3.18. The molecule has 5 atom stereocenters. The fraction of sp³-hybridized carbons (Fsp3) is 0.385. The molecular formula is C26H28BrNO7S2. The van der Waals surface area contributed by atoms with Gasteiger partial charge in [-0.2, -0.15) is 0 Å². The number of morpholine rings is 1. The van der Waals surface area contributed by atoms with Crippen LogP contribution in [0.1, 0.15) is 33.0 Å². The van der Waals surface area contributed by atoms with Crippen LogP contribution in [0.15, 0.2) is 59.3 Å². The molecule has 6 rings (SSSR count). The van der Waals surface area contributed by atoms with Crippen molar-refractivity contribution in [2.45, 2.75) is 48.8 Å². The van der Waals surface area contributed by atoms with E-state index in [0.29, 0.717) is 34.0 Å². The Morgan fingerprint density at radius 2 is 1.54 bits per heavy atom. The van der Waals surface area contributed by atoms with Crippen LogP contribution in [0.3, 0.4) is 0 Å². The number of likely N-dealkylation sites (N-methyl/N-ethyl adjacent to an activating group) is 1. The van der Waals surface area contributed by atoms with Crippen molar-refractivity contribution >= 4 is 51.6 Å². The van der Waals surface area contributed by atoms with E-state index in [-0.39, 0.29) is 34.4 Å². The number of hydrogen-bond acceptors (Lipinski definition) is 9. The minimum absolute atomic E-state index is 0. The number of aromatic hydroxyl groups is 1. The molecule has 3 saturated heterocycles. The lowest BCUT2D eigenvalue weighted by molar-refractivity contribution is -0.938. The highest BCUT2D eigenvalue weighted by molar-refractivity contribution is 8.93. The number of ether oxygens (including phenoxy) is 2. The van der Waals surface area contributed by atoms with Crippen molar-refractivity contribution in [1.29, 1.82) is 0 Å². The second kappa shape index (κ2) is 10.5. The van der Waals surface area contributed by atoms with Gasteiger partial charge in [0.25, 0.3) is 0 Å². The van der Waals surface area contributed by atoms with E-state index in [4.69, 9.17) is 14.6 Å². The van der Waals surface area contributed by atoms with Crippen LogP contribution in [0.2, 0.25) is 0 Å². The quantitative estimate of drug-likeness (QED) is 0.259. The van der Waals surface area contributed by atoms with Gasteiger partial charge in [-0.25, -0.2) is 4.79 Å². The van der Waals surface area contributed by atoms with Crippen molar-refractivity contribution in [3.8, 4) is 5.75 Å². The number of halogens is 1. The largest absolute Gasteiger partial charge is 0.545 e. The molecule has 11 heteroatoms. The van der Waals surface area contributed by atoms with Gasteiger partial charge >= 0.3 is 5.97 Å². The standard InChI is InChI=1S/C19H22NO4S2.C7H6O3.BrH/c1-20(2)12-9-11(10-13(20)17-16(12)24-17)23-18(21)19(22,14-5-3-7-25-14)15-6-4-8-26-15;8-6-4-2-1-3-5(6)7(9)10;/h3-8,11-13,16-17,22H,9-10H2,1-2H3;1-4,8H,(H,9,10);1H/q+1;;/p-1/t11?,12-,13+,16-,17+;;. The lowest BCUT2D eigenvalue weighted by Gasteiger charge is -2.45. The Kier molecular flexibility index (Phi) is 7.85. The van der Waals surface area contributed by atoms with E-state index < -0.39 is 17.5 Å². The molecule has 0 radical (unpaired) electrons. The van der Waals surface area contributed by atoms with Gasteiger partial charge in [0, 0.05) is 18.4 Å². The number of phenols is 1. The third-order valence-corrected chi connectivity index (χ3v) is 9.44. The normalized spacial score (nSPS) is 26.6. The van der Waals surface area contributed by atoms with Crippen molar-refractivity contribution < 1.29 is 38.9 Å². The Labute approximate surface area is 233 Å². The van der Waals surface area contributed by atoms with Gasteiger partial charge < -0.3 is 34.1 Å². The van der Waals surface area contributed by atoms with Crippen LogP contribution < -0.4 is 5.11 Å². The van der Waals surface area contributed by atoms with E-state index in [2.05, 4.69) is 14.1 Å². The zero-order chi connectivity index (χ0) is 25.7. The Hall–Kier alpha value is -2.28.